The Kier molecular flexibility index (Phi) is 4.97. The largest absolute Gasteiger partial charge is 0.368 e. The van der Waals surface area contributed by atoms with Gasteiger partial charge in [-0.15, -0.1) is 5.10 Å². The predicted molar refractivity (Wildman–Crippen MR) is 112 cm³/mol. The van der Waals surface area contributed by atoms with Gasteiger partial charge in [0, 0.05) is 19.3 Å². The number of likely N-dealkylation sites (tertiary alicyclic amines) is 1. The molecule has 1 spiro atoms. The molecule has 3 aromatic rings. The fourth-order valence-electron chi connectivity index (χ4n) is 4.51. The summed E-state index contributed by atoms with van der Waals surface area (Å²) in [4.78, 5) is 23.9. The van der Waals surface area contributed by atoms with Gasteiger partial charge in [0.1, 0.15) is 11.4 Å². The van der Waals surface area contributed by atoms with E-state index in [1.54, 1.807) is 4.68 Å². The minimum Gasteiger partial charge on any atom is -0.368 e. The number of aryl methyl sites for hydroxylation is 2. The SMILES string of the molecule is Cc1ncc2c(n1)C1(CCN(C(=O)Cc3ccc(-n4nnnc4C)cc3)CC1)OCC2. The molecule has 1 fully saturated rings. The number of piperidine rings is 1. The van der Waals surface area contributed by atoms with Crippen LogP contribution < -0.4 is 0 Å². The lowest BCUT2D eigenvalue weighted by molar-refractivity contribution is -0.140. The molecule has 9 nitrogen and oxygen atoms in total. The maximum atomic E-state index is 12.9. The zero-order valence-electron chi connectivity index (χ0n) is 17.8. The molecule has 5 rings (SSSR count). The van der Waals surface area contributed by atoms with Crippen molar-refractivity contribution >= 4 is 5.91 Å². The van der Waals surface area contributed by atoms with Crippen LogP contribution in [0.15, 0.2) is 30.5 Å². The Balaban J connectivity index is 1.24. The van der Waals surface area contributed by atoms with Gasteiger partial charge in [-0.1, -0.05) is 12.1 Å². The number of rotatable bonds is 3. The van der Waals surface area contributed by atoms with Crippen molar-refractivity contribution in [2.24, 2.45) is 0 Å². The normalized spacial score (nSPS) is 17.5. The van der Waals surface area contributed by atoms with Crippen LogP contribution in [-0.4, -0.2) is 60.7 Å². The Labute approximate surface area is 180 Å². The van der Waals surface area contributed by atoms with Crippen molar-refractivity contribution in [3.63, 3.8) is 0 Å². The summed E-state index contributed by atoms with van der Waals surface area (Å²) in [6, 6.07) is 7.79. The number of carbonyl (C=O) groups is 1. The van der Waals surface area contributed by atoms with Crippen molar-refractivity contribution in [1.82, 2.24) is 35.1 Å². The first-order chi connectivity index (χ1) is 15.0. The van der Waals surface area contributed by atoms with Crippen LogP contribution in [0.2, 0.25) is 0 Å². The van der Waals surface area contributed by atoms with Crippen molar-refractivity contribution in [3.05, 3.63) is 58.9 Å². The van der Waals surface area contributed by atoms with Crippen LogP contribution in [0.4, 0.5) is 0 Å². The second-order valence-electron chi connectivity index (χ2n) is 8.25. The quantitative estimate of drug-likeness (QED) is 0.637. The fourth-order valence-corrected chi connectivity index (χ4v) is 4.51. The minimum atomic E-state index is -0.386. The Hall–Kier alpha value is -3.20. The van der Waals surface area contributed by atoms with Crippen LogP contribution in [0.3, 0.4) is 0 Å². The van der Waals surface area contributed by atoms with Gasteiger partial charge in [0.25, 0.3) is 0 Å². The Bertz CT molecular complexity index is 1100. The number of ether oxygens (including phenoxy) is 1. The van der Waals surface area contributed by atoms with Crippen molar-refractivity contribution in [2.75, 3.05) is 19.7 Å². The zero-order chi connectivity index (χ0) is 21.4. The van der Waals surface area contributed by atoms with E-state index in [1.165, 1.54) is 5.56 Å². The smallest absolute Gasteiger partial charge is 0.226 e. The van der Waals surface area contributed by atoms with Crippen LogP contribution in [0.5, 0.6) is 0 Å². The third-order valence-corrected chi connectivity index (χ3v) is 6.25. The molecular weight excluding hydrogens is 394 g/mol. The predicted octanol–water partition coefficient (Wildman–Crippen LogP) is 1.70. The molecule has 0 N–H and O–H groups in total. The van der Waals surface area contributed by atoms with Crippen LogP contribution >= 0.6 is 0 Å². The van der Waals surface area contributed by atoms with E-state index in [1.807, 2.05) is 49.2 Å². The van der Waals surface area contributed by atoms with Gasteiger partial charge in [0.15, 0.2) is 5.82 Å². The molecule has 31 heavy (non-hydrogen) atoms. The first kappa shape index (κ1) is 19.7. The lowest BCUT2D eigenvalue weighted by atomic mass is 9.83. The van der Waals surface area contributed by atoms with Gasteiger partial charge in [-0.05, 0) is 66.8 Å². The van der Waals surface area contributed by atoms with E-state index in [0.29, 0.717) is 26.1 Å². The van der Waals surface area contributed by atoms with Gasteiger partial charge >= 0.3 is 0 Å². The highest BCUT2D eigenvalue weighted by Gasteiger charge is 2.43. The zero-order valence-corrected chi connectivity index (χ0v) is 17.8. The van der Waals surface area contributed by atoms with Crippen LogP contribution in [0, 0.1) is 13.8 Å². The fraction of sp³-hybridized carbons (Fsp3) is 0.455. The van der Waals surface area contributed by atoms with E-state index >= 15 is 0 Å². The molecule has 0 unspecified atom stereocenters. The molecule has 1 saturated heterocycles. The molecule has 0 atom stereocenters. The summed E-state index contributed by atoms with van der Waals surface area (Å²) in [6.07, 6.45) is 4.68. The Morgan fingerprint density at radius 1 is 1.16 bits per heavy atom. The lowest BCUT2D eigenvalue weighted by Gasteiger charge is -2.44. The van der Waals surface area contributed by atoms with E-state index in [-0.39, 0.29) is 11.5 Å². The molecule has 9 heteroatoms. The summed E-state index contributed by atoms with van der Waals surface area (Å²) in [6.45, 7) is 5.78. The number of amides is 1. The van der Waals surface area contributed by atoms with E-state index in [2.05, 4.69) is 20.5 Å². The molecule has 0 aliphatic carbocycles. The van der Waals surface area contributed by atoms with Crippen LogP contribution in [0.1, 0.15) is 41.3 Å². The summed E-state index contributed by atoms with van der Waals surface area (Å²) in [5.74, 6) is 1.62. The lowest BCUT2D eigenvalue weighted by Crippen LogP contribution is -2.49. The third-order valence-electron chi connectivity index (χ3n) is 6.25. The average Bonchev–Trinajstić information content (AvgIpc) is 3.21. The second kappa shape index (κ2) is 7.81. The molecular formula is C22H25N7O2. The van der Waals surface area contributed by atoms with Gasteiger partial charge in [0.2, 0.25) is 5.91 Å². The Morgan fingerprint density at radius 3 is 2.65 bits per heavy atom. The van der Waals surface area contributed by atoms with E-state index < -0.39 is 0 Å². The van der Waals surface area contributed by atoms with E-state index in [4.69, 9.17) is 9.72 Å². The number of hydrogen-bond acceptors (Lipinski definition) is 7. The molecule has 0 saturated carbocycles. The average molecular weight is 419 g/mol. The number of fused-ring (bicyclic) bond motifs is 2. The van der Waals surface area contributed by atoms with Gasteiger partial charge in [-0.25, -0.2) is 9.97 Å². The molecule has 2 aromatic heterocycles. The first-order valence-electron chi connectivity index (χ1n) is 10.6. The molecule has 2 aliphatic heterocycles. The number of carbonyl (C=O) groups excluding carboxylic acids is 1. The van der Waals surface area contributed by atoms with Crippen molar-refractivity contribution in [3.8, 4) is 5.69 Å². The van der Waals surface area contributed by atoms with Crippen molar-refractivity contribution in [2.45, 2.75) is 45.1 Å². The number of nitrogens with zero attached hydrogens (tertiary/aromatic N) is 7. The van der Waals surface area contributed by atoms with Gasteiger partial charge in [-0.3, -0.25) is 4.79 Å². The molecule has 1 amide bonds. The summed E-state index contributed by atoms with van der Waals surface area (Å²) < 4.78 is 7.92. The standard InChI is InChI=1S/C22H25N7O2/c1-15-23-14-18-7-12-31-22(21(18)24-15)8-10-28(11-9-22)20(30)13-17-3-5-19(6-4-17)29-16(2)25-26-27-29/h3-6,14H,7-13H2,1-2H3. The highest BCUT2D eigenvalue weighted by atomic mass is 16.5. The Morgan fingerprint density at radius 2 is 1.94 bits per heavy atom. The maximum absolute atomic E-state index is 12.9. The monoisotopic (exact) mass is 419 g/mol. The molecule has 1 aromatic carbocycles. The van der Waals surface area contributed by atoms with E-state index in [9.17, 15) is 4.79 Å². The molecule has 0 radical (unpaired) electrons. The first-order valence-corrected chi connectivity index (χ1v) is 10.6. The minimum absolute atomic E-state index is 0.135. The van der Waals surface area contributed by atoms with Crippen molar-refractivity contribution in [1.29, 1.82) is 0 Å². The molecule has 160 valence electrons. The second-order valence-corrected chi connectivity index (χ2v) is 8.25. The van der Waals surface area contributed by atoms with Crippen LogP contribution in [-0.2, 0) is 28.0 Å². The number of hydrogen-bond donors (Lipinski definition) is 0. The maximum Gasteiger partial charge on any atom is 0.226 e. The number of tetrazole rings is 1. The van der Waals surface area contributed by atoms with Gasteiger partial charge < -0.3 is 9.64 Å². The highest BCUT2D eigenvalue weighted by Crippen LogP contribution is 2.40. The van der Waals surface area contributed by atoms with Crippen LogP contribution in [0.25, 0.3) is 5.69 Å². The summed E-state index contributed by atoms with van der Waals surface area (Å²) in [7, 11) is 0. The summed E-state index contributed by atoms with van der Waals surface area (Å²) in [5, 5.41) is 11.5. The van der Waals surface area contributed by atoms with Gasteiger partial charge in [0.05, 0.1) is 24.4 Å². The molecule has 0 bridgehead atoms. The molecule has 2 aliphatic rings. The van der Waals surface area contributed by atoms with E-state index in [0.717, 1.165) is 47.9 Å². The number of aromatic nitrogens is 6. The number of benzene rings is 1. The summed E-state index contributed by atoms with van der Waals surface area (Å²) in [5.41, 5.74) is 3.66. The van der Waals surface area contributed by atoms with Crippen molar-refractivity contribution < 1.29 is 9.53 Å². The topological polar surface area (TPSA) is 98.9 Å². The summed E-state index contributed by atoms with van der Waals surface area (Å²) >= 11 is 0. The highest BCUT2D eigenvalue weighted by molar-refractivity contribution is 5.79. The molecule has 4 heterocycles. The van der Waals surface area contributed by atoms with Gasteiger partial charge in [-0.2, -0.15) is 4.68 Å². The third kappa shape index (κ3) is 3.69.